The van der Waals surface area contributed by atoms with Crippen LogP contribution < -0.4 is 5.32 Å². The van der Waals surface area contributed by atoms with Crippen LogP contribution in [0.3, 0.4) is 0 Å². The molecular formula is C12H21N3. The lowest BCUT2D eigenvalue weighted by atomic mass is 10.2. The Morgan fingerprint density at radius 3 is 2.80 bits per heavy atom. The summed E-state index contributed by atoms with van der Waals surface area (Å²) in [4.78, 5) is 6.74. The third-order valence-electron chi connectivity index (χ3n) is 2.51. The van der Waals surface area contributed by atoms with Crippen LogP contribution in [0.4, 0.5) is 5.82 Å². The molecule has 0 saturated carbocycles. The fourth-order valence-corrected chi connectivity index (χ4v) is 1.70. The van der Waals surface area contributed by atoms with Gasteiger partial charge < -0.3 is 5.32 Å². The highest BCUT2D eigenvalue weighted by Gasteiger charge is 2.06. The summed E-state index contributed by atoms with van der Waals surface area (Å²) < 4.78 is 0. The zero-order valence-electron chi connectivity index (χ0n) is 9.95. The van der Waals surface area contributed by atoms with Crippen LogP contribution in [0.1, 0.15) is 25.8 Å². The molecule has 0 amide bonds. The predicted octanol–water partition coefficient (Wildman–Crippen LogP) is 2.36. The minimum atomic E-state index is 0.981. The fourth-order valence-electron chi connectivity index (χ4n) is 1.70. The summed E-state index contributed by atoms with van der Waals surface area (Å²) in [5.74, 6) is 0.993. The van der Waals surface area contributed by atoms with E-state index in [1.807, 2.05) is 19.3 Å². The largest absolute Gasteiger partial charge is 0.373 e. The molecule has 0 saturated heterocycles. The Balaban J connectivity index is 2.69. The van der Waals surface area contributed by atoms with E-state index in [1.54, 1.807) is 0 Å². The lowest BCUT2D eigenvalue weighted by Gasteiger charge is -2.20. The lowest BCUT2D eigenvalue weighted by molar-refractivity contribution is 0.281. The van der Waals surface area contributed by atoms with Gasteiger partial charge in [0.15, 0.2) is 0 Å². The summed E-state index contributed by atoms with van der Waals surface area (Å²) in [7, 11) is 1.92. The van der Waals surface area contributed by atoms with Gasteiger partial charge in [-0.05, 0) is 25.6 Å². The number of nitrogens with zero attached hydrogens (tertiary/aromatic N) is 2. The van der Waals surface area contributed by atoms with Crippen molar-refractivity contribution in [2.75, 3.05) is 25.5 Å². The number of hydrogen-bond donors (Lipinski definition) is 1. The van der Waals surface area contributed by atoms with Gasteiger partial charge in [-0.25, -0.2) is 4.98 Å². The zero-order chi connectivity index (χ0) is 11.1. The summed E-state index contributed by atoms with van der Waals surface area (Å²) in [5.41, 5.74) is 1.27. The number of aromatic nitrogens is 1. The second-order valence-electron chi connectivity index (χ2n) is 3.63. The van der Waals surface area contributed by atoms with Gasteiger partial charge in [0, 0.05) is 25.4 Å². The molecule has 0 aliphatic heterocycles. The molecule has 3 nitrogen and oxygen atoms in total. The van der Waals surface area contributed by atoms with Gasteiger partial charge in [0.2, 0.25) is 0 Å². The first-order valence-electron chi connectivity index (χ1n) is 5.65. The minimum absolute atomic E-state index is 0.981. The zero-order valence-corrected chi connectivity index (χ0v) is 9.95. The van der Waals surface area contributed by atoms with Crippen molar-refractivity contribution in [1.29, 1.82) is 0 Å². The van der Waals surface area contributed by atoms with Gasteiger partial charge in [0.05, 0.1) is 0 Å². The van der Waals surface area contributed by atoms with E-state index in [4.69, 9.17) is 0 Å². The van der Waals surface area contributed by atoms with Crippen LogP contribution in [0.15, 0.2) is 18.3 Å². The Kier molecular flexibility index (Phi) is 5.12. The van der Waals surface area contributed by atoms with E-state index in [0.717, 1.165) is 25.5 Å². The molecule has 3 heteroatoms. The number of rotatable bonds is 6. The molecule has 0 spiro atoms. The minimum Gasteiger partial charge on any atom is -0.373 e. The standard InChI is InChI=1S/C12H21N3/c1-4-9-15(5-2)10-11-7-6-8-14-12(11)13-3/h6-8H,4-5,9-10H2,1-3H3,(H,13,14). The van der Waals surface area contributed by atoms with Crippen LogP contribution in [0.2, 0.25) is 0 Å². The van der Waals surface area contributed by atoms with Gasteiger partial charge in [-0.3, -0.25) is 4.90 Å². The molecule has 84 valence electrons. The average molecular weight is 207 g/mol. The molecule has 0 aromatic carbocycles. The SMILES string of the molecule is CCCN(CC)Cc1cccnc1NC. The lowest BCUT2D eigenvalue weighted by Crippen LogP contribution is -2.24. The molecule has 1 aromatic heterocycles. The molecule has 1 N–H and O–H groups in total. The van der Waals surface area contributed by atoms with Crippen molar-refractivity contribution >= 4 is 5.82 Å². The molecule has 15 heavy (non-hydrogen) atoms. The normalized spacial score (nSPS) is 10.7. The van der Waals surface area contributed by atoms with E-state index in [9.17, 15) is 0 Å². The Morgan fingerprint density at radius 1 is 1.40 bits per heavy atom. The van der Waals surface area contributed by atoms with Crippen molar-refractivity contribution in [3.8, 4) is 0 Å². The van der Waals surface area contributed by atoms with Crippen molar-refractivity contribution in [1.82, 2.24) is 9.88 Å². The van der Waals surface area contributed by atoms with E-state index in [0.29, 0.717) is 0 Å². The highest BCUT2D eigenvalue weighted by Crippen LogP contribution is 2.13. The topological polar surface area (TPSA) is 28.2 Å². The van der Waals surface area contributed by atoms with E-state index in [1.165, 1.54) is 12.0 Å². The van der Waals surface area contributed by atoms with Crippen molar-refractivity contribution in [2.24, 2.45) is 0 Å². The molecule has 1 heterocycles. The van der Waals surface area contributed by atoms with Gasteiger partial charge in [-0.15, -0.1) is 0 Å². The van der Waals surface area contributed by atoms with Gasteiger partial charge in [0.1, 0.15) is 5.82 Å². The maximum atomic E-state index is 4.31. The summed E-state index contributed by atoms with van der Waals surface area (Å²) in [6.07, 6.45) is 3.02. The first kappa shape index (κ1) is 12.0. The van der Waals surface area contributed by atoms with Crippen molar-refractivity contribution in [2.45, 2.75) is 26.8 Å². The van der Waals surface area contributed by atoms with E-state index in [-0.39, 0.29) is 0 Å². The van der Waals surface area contributed by atoms with Gasteiger partial charge in [0.25, 0.3) is 0 Å². The maximum Gasteiger partial charge on any atom is 0.130 e. The molecular weight excluding hydrogens is 186 g/mol. The van der Waals surface area contributed by atoms with Gasteiger partial charge in [-0.1, -0.05) is 19.9 Å². The number of pyridine rings is 1. The number of anilines is 1. The molecule has 0 atom stereocenters. The van der Waals surface area contributed by atoms with Crippen LogP contribution in [0.25, 0.3) is 0 Å². The van der Waals surface area contributed by atoms with Crippen LogP contribution >= 0.6 is 0 Å². The highest BCUT2D eigenvalue weighted by atomic mass is 15.1. The molecule has 0 fully saturated rings. The van der Waals surface area contributed by atoms with Crippen LogP contribution in [0, 0.1) is 0 Å². The summed E-state index contributed by atoms with van der Waals surface area (Å²) in [6, 6.07) is 4.13. The second-order valence-corrected chi connectivity index (χ2v) is 3.63. The molecule has 0 aliphatic rings. The summed E-state index contributed by atoms with van der Waals surface area (Å²) in [5, 5.41) is 3.13. The second kappa shape index (κ2) is 6.40. The molecule has 0 radical (unpaired) electrons. The number of nitrogens with one attached hydrogen (secondary N) is 1. The molecule has 0 unspecified atom stereocenters. The molecule has 0 aliphatic carbocycles. The predicted molar refractivity (Wildman–Crippen MR) is 65.0 cm³/mol. The van der Waals surface area contributed by atoms with Gasteiger partial charge >= 0.3 is 0 Å². The first-order valence-corrected chi connectivity index (χ1v) is 5.65. The van der Waals surface area contributed by atoms with Crippen LogP contribution in [-0.4, -0.2) is 30.0 Å². The van der Waals surface area contributed by atoms with Crippen molar-refractivity contribution in [3.05, 3.63) is 23.9 Å². The Labute approximate surface area is 92.5 Å². The first-order chi connectivity index (χ1) is 7.31. The summed E-state index contributed by atoms with van der Waals surface area (Å²) in [6.45, 7) is 7.63. The van der Waals surface area contributed by atoms with Crippen molar-refractivity contribution in [3.63, 3.8) is 0 Å². The Bertz CT molecular complexity index is 286. The van der Waals surface area contributed by atoms with E-state index < -0.39 is 0 Å². The number of hydrogen-bond acceptors (Lipinski definition) is 3. The van der Waals surface area contributed by atoms with Gasteiger partial charge in [-0.2, -0.15) is 0 Å². The van der Waals surface area contributed by atoms with Crippen LogP contribution in [-0.2, 0) is 6.54 Å². The molecule has 1 rings (SSSR count). The summed E-state index contributed by atoms with van der Waals surface area (Å²) >= 11 is 0. The average Bonchev–Trinajstić information content (AvgIpc) is 2.29. The van der Waals surface area contributed by atoms with E-state index >= 15 is 0 Å². The maximum absolute atomic E-state index is 4.31. The van der Waals surface area contributed by atoms with Crippen LogP contribution in [0.5, 0.6) is 0 Å². The highest BCUT2D eigenvalue weighted by molar-refractivity contribution is 5.42. The third kappa shape index (κ3) is 3.51. The Morgan fingerprint density at radius 2 is 2.20 bits per heavy atom. The Hall–Kier alpha value is -1.09. The quantitative estimate of drug-likeness (QED) is 0.776. The smallest absolute Gasteiger partial charge is 0.130 e. The third-order valence-corrected chi connectivity index (χ3v) is 2.51. The van der Waals surface area contributed by atoms with Crippen molar-refractivity contribution < 1.29 is 0 Å². The fraction of sp³-hybridized carbons (Fsp3) is 0.583. The monoisotopic (exact) mass is 207 g/mol. The molecule has 1 aromatic rings. The van der Waals surface area contributed by atoms with E-state index in [2.05, 4.69) is 35.1 Å². The molecule has 0 bridgehead atoms.